The van der Waals surface area contributed by atoms with Crippen molar-refractivity contribution in [3.05, 3.63) is 58.7 Å². The first kappa shape index (κ1) is 13.8. The predicted molar refractivity (Wildman–Crippen MR) is 83.0 cm³/mol. The van der Waals surface area contributed by atoms with E-state index >= 15 is 0 Å². The SMILES string of the molecule is O=Cc1ccc2c(ccc3c(C=O)c(C=O)ccc32)c1C=O. The van der Waals surface area contributed by atoms with Crippen molar-refractivity contribution in [2.24, 2.45) is 0 Å². The van der Waals surface area contributed by atoms with Gasteiger partial charge in [0.05, 0.1) is 0 Å². The van der Waals surface area contributed by atoms with Crippen LogP contribution in [0.3, 0.4) is 0 Å². The number of benzene rings is 3. The van der Waals surface area contributed by atoms with E-state index in [9.17, 15) is 19.2 Å². The zero-order valence-corrected chi connectivity index (χ0v) is 11.4. The number of carbonyl (C=O) groups excluding carboxylic acids is 4. The molecule has 0 atom stereocenters. The second-order valence-electron chi connectivity index (χ2n) is 4.86. The van der Waals surface area contributed by atoms with Crippen LogP contribution in [0.2, 0.25) is 0 Å². The second kappa shape index (κ2) is 5.33. The standard InChI is InChI=1S/C18H10O4/c19-7-11-1-3-13-14-4-2-12(8-20)18(10-22)16(14)6-5-15(13)17(11)9-21/h1-10H. The van der Waals surface area contributed by atoms with Crippen LogP contribution in [0.25, 0.3) is 21.5 Å². The lowest BCUT2D eigenvalue weighted by Gasteiger charge is -2.10. The molecule has 0 aromatic heterocycles. The van der Waals surface area contributed by atoms with Crippen LogP contribution in [-0.2, 0) is 0 Å². The molecule has 4 nitrogen and oxygen atoms in total. The highest BCUT2D eigenvalue weighted by Gasteiger charge is 2.12. The Kier molecular flexibility index (Phi) is 3.35. The van der Waals surface area contributed by atoms with Gasteiger partial charge < -0.3 is 0 Å². The summed E-state index contributed by atoms with van der Waals surface area (Å²) in [5.41, 5.74) is 1.28. The highest BCUT2D eigenvalue weighted by atomic mass is 16.1. The predicted octanol–water partition coefficient (Wildman–Crippen LogP) is 3.24. The van der Waals surface area contributed by atoms with Gasteiger partial charge in [0.1, 0.15) is 0 Å². The van der Waals surface area contributed by atoms with Crippen LogP contribution < -0.4 is 0 Å². The van der Waals surface area contributed by atoms with E-state index in [-0.39, 0.29) is 0 Å². The molecule has 0 radical (unpaired) electrons. The third kappa shape index (κ3) is 1.85. The van der Waals surface area contributed by atoms with Crippen molar-refractivity contribution in [3.8, 4) is 0 Å². The van der Waals surface area contributed by atoms with Crippen LogP contribution in [0.4, 0.5) is 0 Å². The number of carbonyl (C=O) groups is 4. The fourth-order valence-corrected chi connectivity index (χ4v) is 2.77. The summed E-state index contributed by atoms with van der Waals surface area (Å²) in [5.74, 6) is 0. The quantitative estimate of drug-likeness (QED) is 0.546. The molecule has 4 heteroatoms. The molecule has 0 saturated carbocycles. The maximum absolute atomic E-state index is 11.3. The number of hydrogen-bond acceptors (Lipinski definition) is 4. The maximum Gasteiger partial charge on any atom is 0.151 e. The van der Waals surface area contributed by atoms with E-state index in [4.69, 9.17) is 0 Å². The third-order valence-corrected chi connectivity index (χ3v) is 3.84. The molecule has 0 aliphatic carbocycles. The molecule has 0 bridgehead atoms. The lowest BCUT2D eigenvalue weighted by molar-refractivity contribution is 0.109. The summed E-state index contributed by atoms with van der Waals surface area (Å²) in [6, 6.07) is 10.0. The van der Waals surface area contributed by atoms with Gasteiger partial charge in [-0.05, 0) is 21.5 Å². The van der Waals surface area contributed by atoms with Gasteiger partial charge in [-0.3, -0.25) is 19.2 Å². The molecule has 3 aromatic carbocycles. The van der Waals surface area contributed by atoms with Crippen molar-refractivity contribution in [3.63, 3.8) is 0 Å². The molecule has 3 rings (SSSR count). The number of rotatable bonds is 4. The normalized spacial score (nSPS) is 10.5. The molecule has 0 aliphatic heterocycles. The molecule has 0 saturated heterocycles. The van der Waals surface area contributed by atoms with E-state index in [2.05, 4.69) is 0 Å². The highest BCUT2D eigenvalue weighted by molar-refractivity contribution is 6.18. The number of hydrogen-bond donors (Lipinski definition) is 0. The minimum atomic E-state index is 0.321. The summed E-state index contributed by atoms with van der Waals surface area (Å²) in [6.45, 7) is 0. The molecule has 0 unspecified atom stereocenters. The first-order valence-electron chi connectivity index (χ1n) is 6.58. The van der Waals surface area contributed by atoms with E-state index in [1.54, 1.807) is 36.4 Å². The van der Waals surface area contributed by atoms with Gasteiger partial charge in [0, 0.05) is 22.3 Å². The Morgan fingerprint density at radius 1 is 0.455 bits per heavy atom. The van der Waals surface area contributed by atoms with E-state index in [0.29, 0.717) is 58.2 Å². The summed E-state index contributed by atoms with van der Waals surface area (Å²) >= 11 is 0. The molecule has 106 valence electrons. The molecule has 0 aliphatic rings. The van der Waals surface area contributed by atoms with E-state index in [1.165, 1.54) is 0 Å². The Morgan fingerprint density at radius 3 is 1.14 bits per heavy atom. The van der Waals surface area contributed by atoms with Gasteiger partial charge in [-0.1, -0.05) is 36.4 Å². The van der Waals surface area contributed by atoms with Crippen molar-refractivity contribution in [1.82, 2.24) is 0 Å². The van der Waals surface area contributed by atoms with Gasteiger partial charge in [-0.15, -0.1) is 0 Å². The van der Waals surface area contributed by atoms with Crippen LogP contribution in [0.5, 0.6) is 0 Å². The summed E-state index contributed by atoms with van der Waals surface area (Å²) in [6.07, 6.45) is 2.58. The number of fused-ring (bicyclic) bond motifs is 3. The third-order valence-electron chi connectivity index (χ3n) is 3.84. The van der Waals surface area contributed by atoms with Gasteiger partial charge in [-0.25, -0.2) is 0 Å². The molecular weight excluding hydrogens is 280 g/mol. The molecular formula is C18H10O4. The van der Waals surface area contributed by atoms with Gasteiger partial charge in [0.25, 0.3) is 0 Å². The Labute approximate surface area is 125 Å². The zero-order valence-electron chi connectivity index (χ0n) is 11.4. The summed E-state index contributed by atoms with van der Waals surface area (Å²) in [7, 11) is 0. The van der Waals surface area contributed by atoms with Crippen molar-refractivity contribution >= 4 is 46.7 Å². The molecule has 0 fully saturated rings. The van der Waals surface area contributed by atoms with Crippen LogP contribution in [-0.4, -0.2) is 25.1 Å². The second-order valence-corrected chi connectivity index (χ2v) is 4.86. The molecule has 0 spiro atoms. The lowest BCUT2D eigenvalue weighted by atomic mass is 9.92. The maximum atomic E-state index is 11.3. The molecule has 0 N–H and O–H groups in total. The molecule has 0 heterocycles. The molecule has 0 amide bonds. The van der Waals surface area contributed by atoms with Crippen LogP contribution in [0.1, 0.15) is 41.4 Å². The van der Waals surface area contributed by atoms with Gasteiger partial charge in [0.2, 0.25) is 0 Å². The van der Waals surface area contributed by atoms with Crippen LogP contribution >= 0.6 is 0 Å². The summed E-state index contributed by atoms with van der Waals surface area (Å²) in [5, 5.41) is 2.79. The first-order chi connectivity index (χ1) is 10.7. The molecule has 22 heavy (non-hydrogen) atoms. The largest absolute Gasteiger partial charge is 0.298 e. The zero-order chi connectivity index (χ0) is 15.7. The topological polar surface area (TPSA) is 68.3 Å². The minimum absolute atomic E-state index is 0.321. The summed E-state index contributed by atoms with van der Waals surface area (Å²) < 4.78 is 0. The monoisotopic (exact) mass is 290 g/mol. The first-order valence-corrected chi connectivity index (χ1v) is 6.58. The Bertz CT molecular complexity index is 876. The Balaban J connectivity index is 2.52. The Hall–Kier alpha value is -3.14. The smallest absolute Gasteiger partial charge is 0.151 e. The van der Waals surface area contributed by atoms with E-state index < -0.39 is 0 Å². The Morgan fingerprint density at radius 2 is 0.818 bits per heavy atom. The summed E-state index contributed by atoms with van der Waals surface area (Å²) in [4.78, 5) is 44.7. The average Bonchev–Trinajstić information content (AvgIpc) is 2.58. The van der Waals surface area contributed by atoms with Gasteiger partial charge in [0.15, 0.2) is 25.1 Å². The highest BCUT2D eigenvalue weighted by Crippen LogP contribution is 2.31. The fraction of sp³-hybridized carbons (Fsp3) is 0. The lowest BCUT2D eigenvalue weighted by Crippen LogP contribution is -1.96. The fourth-order valence-electron chi connectivity index (χ4n) is 2.77. The van der Waals surface area contributed by atoms with Gasteiger partial charge in [-0.2, -0.15) is 0 Å². The van der Waals surface area contributed by atoms with E-state index in [0.717, 1.165) is 10.8 Å². The number of aldehydes is 4. The average molecular weight is 290 g/mol. The van der Waals surface area contributed by atoms with Crippen LogP contribution in [0, 0.1) is 0 Å². The minimum Gasteiger partial charge on any atom is -0.298 e. The van der Waals surface area contributed by atoms with Crippen molar-refractivity contribution in [1.29, 1.82) is 0 Å². The molecule has 3 aromatic rings. The van der Waals surface area contributed by atoms with Crippen molar-refractivity contribution in [2.45, 2.75) is 0 Å². The van der Waals surface area contributed by atoms with Crippen molar-refractivity contribution in [2.75, 3.05) is 0 Å². The van der Waals surface area contributed by atoms with E-state index in [1.807, 2.05) is 0 Å². The van der Waals surface area contributed by atoms with Crippen molar-refractivity contribution < 1.29 is 19.2 Å². The van der Waals surface area contributed by atoms with Gasteiger partial charge >= 0.3 is 0 Å². The van der Waals surface area contributed by atoms with Crippen LogP contribution in [0.15, 0.2) is 36.4 Å².